The molecule has 0 aliphatic heterocycles. The third kappa shape index (κ3) is 1.63. The number of rotatable bonds is 3. The summed E-state index contributed by atoms with van der Waals surface area (Å²) in [5.74, 6) is 0.371. The highest BCUT2D eigenvalue weighted by Gasteiger charge is 2.37. The molecule has 0 aliphatic carbocycles. The van der Waals surface area contributed by atoms with Crippen molar-refractivity contribution in [2.75, 3.05) is 0 Å². The second-order valence-corrected chi connectivity index (χ2v) is 4.15. The fourth-order valence-corrected chi connectivity index (χ4v) is 1.83. The van der Waals surface area contributed by atoms with Crippen molar-refractivity contribution in [3.8, 4) is 0 Å². The molecule has 0 fully saturated rings. The predicted octanol–water partition coefficient (Wildman–Crippen LogP) is 2.78. The van der Waals surface area contributed by atoms with Crippen LogP contribution in [-0.2, 0) is 5.60 Å². The lowest BCUT2D eigenvalue weighted by molar-refractivity contribution is -0.0535. The van der Waals surface area contributed by atoms with Gasteiger partial charge in [-0.25, -0.2) is 0 Å². The van der Waals surface area contributed by atoms with Gasteiger partial charge < -0.3 is 9.52 Å². The lowest BCUT2D eigenvalue weighted by Gasteiger charge is -2.35. The summed E-state index contributed by atoms with van der Waals surface area (Å²) >= 11 is 0. The molecule has 13 heavy (non-hydrogen) atoms. The van der Waals surface area contributed by atoms with E-state index in [0.717, 1.165) is 5.56 Å². The lowest BCUT2D eigenvalue weighted by Crippen LogP contribution is -2.37. The van der Waals surface area contributed by atoms with Gasteiger partial charge in [0.2, 0.25) is 0 Å². The van der Waals surface area contributed by atoms with Crippen molar-refractivity contribution in [1.82, 2.24) is 0 Å². The van der Waals surface area contributed by atoms with E-state index in [1.54, 1.807) is 12.5 Å². The first-order chi connectivity index (χ1) is 5.99. The van der Waals surface area contributed by atoms with Crippen LogP contribution in [0.25, 0.3) is 0 Å². The first kappa shape index (κ1) is 10.3. The fourth-order valence-electron chi connectivity index (χ4n) is 1.83. The van der Waals surface area contributed by atoms with Gasteiger partial charge in [-0.05, 0) is 17.9 Å². The summed E-state index contributed by atoms with van der Waals surface area (Å²) in [7, 11) is 0. The van der Waals surface area contributed by atoms with Crippen LogP contribution in [0.2, 0.25) is 0 Å². The minimum atomic E-state index is -0.771. The summed E-state index contributed by atoms with van der Waals surface area (Å²) in [6.45, 7) is 8.08. The topological polar surface area (TPSA) is 33.4 Å². The van der Waals surface area contributed by atoms with Gasteiger partial charge in [-0.3, -0.25) is 0 Å². The molecular formula is C11H18O2. The summed E-state index contributed by atoms with van der Waals surface area (Å²) in [6.07, 6.45) is 3.23. The Kier molecular flexibility index (Phi) is 2.81. The van der Waals surface area contributed by atoms with Crippen LogP contribution >= 0.6 is 0 Å². The lowest BCUT2D eigenvalue weighted by atomic mass is 9.76. The number of furan rings is 1. The highest BCUT2D eigenvalue weighted by atomic mass is 16.3. The molecule has 1 aromatic heterocycles. The molecular weight excluding hydrogens is 164 g/mol. The molecule has 0 aliphatic rings. The van der Waals surface area contributed by atoms with Gasteiger partial charge in [0.05, 0.1) is 18.1 Å². The van der Waals surface area contributed by atoms with E-state index >= 15 is 0 Å². The Morgan fingerprint density at radius 3 is 2.08 bits per heavy atom. The highest BCUT2D eigenvalue weighted by molar-refractivity contribution is 5.18. The summed E-state index contributed by atoms with van der Waals surface area (Å²) < 4.78 is 5.00. The Hall–Kier alpha value is -0.760. The van der Waals surface area contributed by atoms with E-state index in [0.29, 0.717) is 0 Å². The molecule has 0 amide bonds. The molecule has 0 atom stereocenters. The molecule has 0 spiro atoms. The van der Waals surface area contributed by atoms with E-state index in [4.69, 9.17) is 4.42 Å². The van der Waals surface area contributed by atoms with Crippen LogP contribution in [0.3, 0.4) is 0 Å². The molecule has 2 nitrogen and oxygen atoms in total. The van der Waals surface area contributed by atoms with Gasteiger partial charge >= 0.3 is 0 Å². The van der Waals surface area contributed by atoms with Crippen molar-refractivity contribution in [2.45, 2.75) is 33.3 Å². The van der Waals surface area contributed by atoms with Crippen LogP contribution < -0.4 is 0 Å². The zero-order valence-corrected chi connectivity index (χ0v) is 8.74. The SMILES string of the molecule is CC(C)C(O)(c1ccoc1)C(C)C. The largest absolute Gasteiger partial charge is 0.472 e. The van der Waals surface area contributed by atoms with Crippen LogP contribution in [0.5, 0.6) is 0 Å². The molecule has 1 heterocycles. The Morgan fingerprint density at radius 2 is 1.77 bits per heavy atom. The van der Waals surface area contributed by atoms with E-state index in [1.165, 1.54) is 0 Å². The fraction of sp³-hybridized carbons (Fsp3) is 0.636. The van der Waals surface area contributed by atoms with Crippen molar-refractivity contribution in [1.29, 1.82) is 0 Å². The number of aliphatic hydroxyl groups is 1. The second-order valence-electron chi connectivity index (χ2n) is 4.15. The van der Waals surface area contributed by atoms with Crippen LogP contribution in [0, 0.1) is 11.8 Å². The van der Waals surface area contributed by atoms with Crippen LogP contribution in [0.4, 0.5) is 0 Å². The van der Waals surface area contributed by atoms with E-state index in [2.05, 4.69) is 0 Å². The van der Waals surface area contributed by atoms with Gasteiger partial charge in [0.15, 0.2) is 0 Å². The van der Waals surface area contributed by atoms with E-state index in [-0.39, 0.29) is 11.8 Å². The smallest absolute Gasteiger partial charge is 0.0972 e. The standard InChI is InChI=1S/C11H18O2/c1-8(2)11(12,9(3)4)10-5-6-13-7-10/h5-9,12H,1-4H3. The average Bonchev–Trinajstić information content (AvgIpc) is 2.54. The van der Waals surface area contributed by atoms with Crippen molar-refractivity contribution >= 4 is 0 Å². The maximum Gasteiger partial charge on any atom is 0.0972 e. The van der Waals surface area contributed by atoms with Gasteiger partial charge in [-0.2, -0.15) is 0 Å². The van der Waals surface area contributed by atoms with Crippen LogP contribution in [-0.4, -0.2) is 5.11 Å². The minimum absolute atomic E-state index is 0.185. The molecule has 1 aromatic rings. The summed E-state index contributed by atoms with van der Waals surface area (Å²) in [6, 6.07) is 1.83. The third-order valence-electron chi connectivity index (χ3n) is 2.74. The summed E-state index contributed by atoms with van der Waals surface area (Å²) in [5.41, 5.74) is 0.102. The molecule has 2 heteroatoms. The maximum absolute atomic E-state index is 10.5. The quantitative estimate of drug-likeness (QED) is 0.779. The molecule has 0 saturated heterocycles. The molecule has 0 saturated carbocycles. The highest BCUT2D eigenvalue weighted by Crippen LogP contribution is 2.36. The van der Waals surface area contributed by atoms with Gasteiger partial charge in [0.1, 0.15) is 0 Å². The second kappa shape index (κ2) is 3.54. The Labute approximate surface area is 79.6 Å². The monoisotopic (exact) mass is 182 g/mol. The van der Waals surface area contributed by atoms with E-state index in [9.17, 15) is 5.11 Å². The Morgan fingerprint density at radius 1 is 1.23 bits per heavy atom. The molecule has 0 radical (unpaired) electrons. The van der Waals surface area contributed by atoms with Crippen molar-refractivity contribution in [3.05, 3.63) is 24.2 Å². The normalized spacial score (nSPS) is 12.8. The first-order valence-corrected chi connectivity index (χ1v) is 4.74. The summed E-state index contributed by atoms with van der Waals surface area (Å²) in [5, 5.41) is 10.5. The summed E-state index contributed by atoms with van der Waals surface area (Å²) in [4.78, 5) is 0. The molecule has 0 unspecified atom stereocenters. The molecule has 1 rings (SSSR count). The van der Waals surface area contributed by atoms with Crippen LogP contribution in [0.15, 0.2) is 23.0 Å². The zero-order chi connectivity index (χ0) is 10.1. The van der Waals surface area contributed by atoms with Gasteiger partial charge in [-0.1, -0.05) is 27.7 Å². The average molecular weight is 182 g/mol. The van der Waals surface area contributed by atoms with E-state index in [1.807, 2.05) is 33.8 Å². The zero-order valence-electron chi connectivity index (χ0n) is 8.74. The van der Waals surface area contributed by atoms with Crippen molar-refractivity contribution < 1.29 is 9.52 Å². The third-order valence-corrected chi connectivity index (χ3v) is 2.74. The minimum Gasteiger partial charge on any atom is -0.472 e. The predicted molar refractivity (Wildman–Crippen MR) is 52.3 cm³/mol. The Bertz CT molecular complexity index is 239. The van der Waals surface area contributed by atoms with E-state index < -0.39 is 5.60 Å². The van der Waals surface area contributed by atoms with Crippen molar-refractivity contribution in [3.63, 3.8) is 0 Å². The Balaban J connectivity index is 3.06. The van der Waals surface area contributed by atoms with Gasteiger partial charge in [0, 0.05) is 5.56 Å². The number of hydrogen-bond acceptors (Lipinski definition) is 2. The molecule has 0 aromatic carbocycles. The van der Waals surface area contributed by atoms with Gasteiger partial charge in [-0.15, -0.1) is 0 Å². The van der Waals surface area contributed by atoms with Crippen LogP contribution in [0.1, 0.15) is 33.3 Å². The number of hydrogen-bond donors (Lipinski definition) is 1. The first-order valence-electron chi connectivity index (χ1n) is 4.74. The molecule has 74 valence electrons. The molecule has 1 N–H and O–H groups in total. The van der Waals surface area contributed by atoms with Gasteiger partial charge in [0.25, 0.3) is 0 Å². The maximum atomic E-state index is 10.5. The molecule has 0 bridgehead atoms. The van der Waals surface area contributed by atoms with Crippen molar-refractivity contribution in [2.24, 2.45) is 11.8 Å².